The number of furan rings is 1. The zero-order valence-electron chi connectivity index (χ0n) is 16.3. The Bertz CT molecular complexity index is 1040. The summed E-state index contributed by atoms with van der Waals surface area (Å²) in [6.45, 7) is 2.63. The fraction of sp³-hybridized carbons (Fsp3) is 0.286. The summed E-state index contributed by atoms with van der Waals surface area (Å²) in [5.41, 5.74) is 1.10. The number of carbonyl (C=O) groups is 3. The summed E-state index contributed by atoms with van der Waals surface area (Å²) >= 11 is 2.79. The minimum Gasteiger partial charge on any atom is -0.467 e. The van der Waals surface area contributed by atoms with Gasteiger partial charge < -0.3 is 19.4 Å². The molecule has 9 heteroatoms. The van der Waals surface area contributed by atoms with Crippen LogP contribution < -0.4 is 5.32 Å². The van der Waals surface area contributed by atoms with Gasteiger partial charge in [-0.2, -0.15) is 0 Å². The van der Waals surface area contributed by atoms with E-state index in [1.54, 1.807) is 30.2 Å². The van der Waals surface area contributed by atoms with Crippen LogP contribution in [0.2, 0.25) is 0 Å². The van der Waals surface area contributed by atoms with Crippen molar-refractivity contribution in [3.05, 3.63) is 52.6 Å². The summed E-state index contributed by atoms with van der Waals surface area (Å²) in [5, 5.41) is 7.07. The summed E-state index contributed by atoms with van der Waals surface area (Å²) in [7, 11) is 0. The summed E-state index contributed by atoms with van der Waals surface area (Å²) in [6.07, 6.45) is 1.68. The number of amides is 2. The molecule has 1 saturated heterocycles. The highest BCUT2D eigenvalue weighted by molar-refractivity contribution is 7.17. The van der Waals surface area contributed by atoms with E-state index in [4.69, 9.17) is 9.15 Å². The van der Waals surface area contributed by atoms with Crippen molar-refractivity contribution in [2.45, 2.75) is 19.9 Å². The normalized spacial score (nSPS) is 16.1. The molecule has 0 saturated carbocycles. The Morgan fingerprint density at radius 2 is 2.17 bits per heavy atom. The van der Waals surface area contributed by atoms with Gasteiger partial charge in [0.2, 0.25) is 11.8 Å². The van der Waals surface area contributed by atoms with Crippen molar-refractivity contribution >= 4 is 45.5 Å². The van der Waals surface area contributed by atoms with E-state index < -0.39 is 11.9 Å². The summed E-state index contributed by atoms with van der Waals surface area (Å²) in [4.78, 5) is 40.3. The van der Waals surface area contributed by atoms with Gasteiger partial charge in [-0.15, -0.1) is 22.7 Å². The van der Waals surface area contributed by atoms with E-state index in [1.165, 1.54) is 22.7 Å². The molecule has 0 spiro atoms. The predicted molar refractivity (Wildman–Crippen MR) is 114 cm³/mol. The van der Waals surface area contributed by atoms with E-state index in [2.05, 4.69) is 5.32 Å². The zero-order chi connectivity index (χ0) is 21.1. The number of carbonyl (C=O) groups excluding carboxylic acids is 3. The first kappa shape index (κ1) is 20.4. The second-order valence-electron chi connectivity index (χ2n) is 6.80. The largest absolute Gasteiger partial charge is 0.467 e. The van der Waals surface area contributed by atoms with Crippen LogP contribution in [0, 0.1) is 5.92 Å². The average Bonchev–Trinajstić information content (AvgIpc) is 3.50. The second-order valence-corrected chi connectivity index (χ2v) is 8.62. The van der Waals surface area contributed by atoms with E-state index in [1.807, 2.05) is 22.9 Å². The monoisotopic (exact) mass is 444 g/mol. The lowest BCUT2D eigenvalue weighted by Crippen LogP contribution is -2.28. The number of ether oxygens (including phenoxy) is 1. The number of rotatable bonds is 7. The summed E-state index contributed by atoms with van der Waals surface area (Å²) in [5.74, 6) is -0.667. The average molecular weight is 445 g/mol. The first-order chi connectivity index (χ1) is 14.6. The maximum absolute atomic E-state index is 12.9. The van der Waals surface area contributed by atoms with Crippen molar-refractivity contribution in [2.75, 3.05) is 18.5 Å². The molecule has 7 nitrogen and oxygen atoms in total. The third kappa shape index (κ3) is 4.17. The quantitative estimate of drug-likeness (QED) is 0.551. The smallest absolute Gasteiger partial charge is 0.341 e. The zero-order valence-corrected chi connectivity index (χ0v) is 17.9. The summed E-state index contributed by atoms with van der Waals surface area (Å²) < 4.78 is 10.5. The number of thiophene rings is 2. The third-order valence-electron chi connectivity index (χ3n) is 4.81. The van der Waals surface area contributed by atoms with Gasteiger partial charge >= 0.3 is 5.97 Å². The van der Waals surface area contributed by atoms with Crippen LogP contribution >= 0.6 is 22.7 Å². The molecular weight excluding hydrogens is 424 g/mol. The van der Waals surface area contributed by atoms with Crippen LogP contribution in [-0.4, -0.2) is 35.8 Å². The number of likely N-dealkylation sites (tertiary alicyclic amines) is 1. The molecule has 0 aromatic carbocycles. The Morgan fingerprint density at radius 1 is 1.30 bits per heavy atom. The topological polar surface area (TPSA) is 88.8 Å². The molecule has 4 rings (SSSR count). The number of nitrogens with zero attached hydrogens (tertiary/aromatic N) is 1. The van der Waals surface area contributed by atoms with Crippen molar-refractivity contribution in [3.63, 3.8) is 0 Å². The van der Waals surface area contributed by atoms with Gasteiger partial charge in [0.25, 0.3) is 0 Å². The number of hydrogen-bond acceptors (Lipinski definition) is 7. The van der Waals surface area contributed by atoms with Crippen molar-refractivity contribution < 1.29 is 23.5 Å². The molecular formula is C21H20N2O5S2. The molecule has 4 heterocycles. The highest BCUT2D eigenvalue weighted by Gasteiger charge is 2.35. The Morgan fingerprint density at radius 3 is 2.87 bits per heavy atom. The maximum Gasteiger partial charge on any atom is 0.341 e. The molecule has 1 atom stereocenters. The molecule has 156 valence electrons. The number of nitrogens with one attached hydrogen (secondary N) is 1. The molecule has 2 amide bonds. The van der Waals surface area contributed by atoms with Crippen LogP contribution in [0.3, 0.4) is 0 Å². The first-order valence-corrected chi connectivity index (χ1v) is 11.3. The van der Waals surface area contributed by atoms with E-state index in [0.717, 1.165) is 10.4 Å². The molecule has 1 unspecified atom stereocenters. The molecule has 3 aromatic heterocycles. The van der Waals surface area contributed by atoms with Gasteiger partial charge in [0, 0.05) is 28.8 Å². The Kier molecular flexibility index (Phi) is 6.01. The predicted octanol–water partition coefficient (Wildman–Crippen LogP) is 4.23. The van der Waals surface area contributed by atoms with Gasteiger partial charge in [-0.1, -0.05) is 6.07 Å². The molecule has 1 aliphatic heterocycles. The van der Waals surface area contributed by atoms with Crippen LogP contribution in [-0.2, 0) is 20.9 Å². The van der Waals surface area contributed by atoms with Crippen LogP contribution in [0.25, 0.3) is 10.4 Å². The van der Waals surface area contributed by atoms with Gasteiger partial charge in [-0.25, -0.2) is 4.79 Å². The van der Waals surface area contributed by atoms with E-state index in [9.17, 15) is 14.4 Å². The van der Waals surface area contributed by atoms with Crippen LogP contribution in [0.4, 0.5) is 5.00 Å². The molecule has 0 bridgehead atoms. The summed E-state index contributed by atoms with van der Waals surface area (Å²) in [6, 6.07) is 7.38. The van der Waals surface area contributed by atoms with Crippen LogP contribution in [0.5, 0.6) is 0 Å². The third-order valence-corrected chi connectivity index (χ3v) is 6.60. The number of anilines is 1. The van der Waals surface area contributed by atoms with Gasteiger partial charge in [0.1, 0.15) is 16.3 Å². The Hall–Kier alpha value is -2.91. The Balaban J connectivity index is 1.50. The van der Waals surface area contributed by atoms with Gasteiger partial charge in [0.15, 0.2) is 0 Å². The minimum absolute atomic E-state index is 0.0948. The number of hydrogen-bond donors (Lipinski definition) is 1. The highest BCUT2D eigenvalue weighted by Crippen LogP contribution is 2.38. The molecule has 1 fully saturated rings. The fourth-order valence-electron chi connectivity index (χ4n) is 3.37. The van der Waals surface area contributed by atoms with Crippen LogP contribution in [0.1, 0.15) is 29.5 Å². The molecule has 0 aliphatic carbocycles. The van der Waals surface area contributed by atoms with Gasteiger partial charge in [-0.3, -0.25) is 9.59 Å². The second kappa shape index (κ2) is 8.85. The minimum atomic E-state index is -0.491. The lowest BCUT2D eigenvalue weighted by molar-refractivity contribution is -0.128. The highest BCUT2D eigenvalue weighted by atomic mass is 32.1. The van der Waals surface area contributed by atoms with Gasteiger partial charge in [0.05, 0.1) is 25.3 Å². The van der Waals surface area contributed by atoms with Crippen molar-refractivity contribution in [1.82, 2.24) is 4.90 Å². The van der Waals surface area contributed by atoms with Crippen molar-refractivity contribution in [2.24, 2.45) is 5.92 Å². The molecule has 1 aliphatic rings. The molecule has 30 heavy (non-hydrogen) atoms. The fourth-order valence-corrected chi connectivity index (χ4v) is 5.15. The lowest BCUT2D eigenvalue weighted by atomic mass is 10.1. The number of esters is 1. The molecule has 3 aromatic rings. The van der Waals surface area contributed by atoms with Crippen molar-refractivity contribution in [1.29, 1.82) is 0 Å². The van der Waals surface area contributed by atoms with Gasteiger partial charge in [-0.05, 0) is 30.5 Å². The first-order valence-electron chi connectivity index (χ1n) is 9.50. The maximum atomic E-state index is 12.9. The SMILES string of the molecule is CCOC(=O)c1c(-c2cccs2)csc1NC(=O)C1CC(=O)N(Cc2ccco2)C1. The standard InChI is InChI=1S/C21H20N2O5S2/c1-2-27-21(26)18-15(16-6-4-8-29-16)12-30-20(18)22-19(25)13-9-17(24)23(10-13)11-14-5-3-7-28-14/h3-8,12-13H,2,9-11H2,1H3,(H,22,25). The van der Waals surface area contributed by atoms with E-state index in [0.29, 0.717) is 29.4 Å². The lowest BCUT2D eigenvalue weighted by Gasteiger charge is -2.15. The molecule has 0 radical (unpaired) electrons. The Labute approximate surface area is 181 Å². The van der Waals surface area contributed by atoms with E-state index in [-0.39, 0.29) is 24.8 Å². The molecule has 1 N–H and O–H groups in total. The van der Waals surface area contributed by atoms with E-state index >= 15 is 0 Å². The van der Waals surface area contributed by atoms with Crippen LogP contribution in [0.15, 0.2) is 45.7 Å². The van der Waals surface area contributed by atoms with Crippen molar-refractivity contribution in [3.8, 4) is 10.4 Å².